The Kier molecular flexibility index (Phi) is 7.54. The van der Waals surface area contributed by atoms with Gasteiger partial charge in [0, 0.05) is 45.7 Å². The number of fused-ring (bicyclic) bond motifs is 1. The quantitative estimate of drug-likeness (QED) is 0.219. The number of allylic oxidation sites excluding steroid dienone is 1. The van der Waals surface area contributed by atoms with Crippen LogP contribution in [0.1, 0.15) is 23.1 Å². The summed E-state index contributed by atoms with van der Waals surface area (Å²) in [6, 6.07) is 19.0. The van der Waals surface area contributed by atoms with Crippen LogP contribution in [0.3, 0.4) is 0 Å². The number of halogens is 1. The molecule has 0 fully saturated rings. The number of ketones is 1. The zero-order valence-corrected chi connectivity index (χ0v) is 19.9. The number of benzene rings is 2. The number of hydrogen-bond acceptors (Lipinski definition) is 6. The lowest BCUT2D eigenvalue weighted by molar-refractivity contribution is -0.112. The van der Waals surface area contributed by atoms with Crippen molar-refractivity contribution in [3.05, 3.63) is 98.8 Å². The van der Waals surface area contributed by atoms with Crippen LogP contribution in [0.5, 0.6) is 5.88 Å². The minimum absolute atomic E-state index is 0.0636. The first-order chi connectivity index (χ1) is 16.1. The third kappa shape index (κ3) is 5.50. The molecule has 1 aliphatic heterocycles. The highest BCUT2D eigenvalue weighted by Gasteiger charge is 2.29. The van der Waals surface area contributed by atoms with E-state index in [0.717, 1.165) is 31.5 Å². The van der Waals surface area contributed by atoms with Gasteiger partial charge in [0.2, 0.25) is 5.88 Å². The minimum Gasteiger partial charge on any atom is -0.478 e. The van der Waals surface area contributed by atoms with Crippen LogP contribution in [0, 0.1) is 3.57 Å². The molecular weight excluding hydrogens is 531 g/mol. The lowest BCUT2D eigenvalue weighted by atomic mass is 9.86. The van der Waals surface area contributed by atoms with E-state index in [-0.39, 0.29) is 12.4 Å². The fraction of sp³-hybridized carbons (Fsp3) is 0.154. The van der Waals surface area contributed by atoms with E-state index in [1.54, 1.807) is 24.4 Å². The number of ether oxygens (including phenoxy) is 1. The molecule has 0 aliphatic carbocycles. The van der Waals surface area contributed by atoms with Gasteiger partial charge in [0.1, 0.15) is 0 Å². The molecule has 4 rings (SSSR count). The molecule has 1 aliphatic rings. The van der Waals surface area contributed by atoms with Gasteiger partial charge in [-0.2, -0.15) is 0 Å². The van der Waals surface area contributed by atoms with Crippen LogP contribution in [-0.2, 0) is 4.79 Å². The third-order valence-corrected chi connectivity index (χ3v) is 5.82. The van der Waals surface area contributed by atoms with Crippen molar-refractivity contribution in [3.63, 3.8) is 0 Å². The van der Waals surface area contributed by atoms with Gasteiger partial charge in [-0.1, -0.05) is 30.3 Å². The predicted molar refractivity (Wildman–Crippen MR) is 137 cm³/mol. The number of nitrogens with one attached hydrogen (secondary N) is 1. The monoisotopic (exact) mass is 554 g/mol. The number of carbonyl (C=O) groups excluding carboxylic acids is 1. The van der Waals surface area contributed by atoms with E-state index in [1.165, 1.54) is 6.08 Å². The van der Waals surface area contributed by atoms with E-state index in [0.29, 0.717) is 24.5 Å². The van der Waals surface area contributed by atoms with Gasteiger partial charge >= 0.3 is 0 Å². The van der Waals surface area contributed by atoms with Gasteiger partial charge in [0.15, 0.2) is 12.0 Å². The molecule has 0 amide bonds. The zero-order chi connectivity index (χ0) is 23.2. The van der Waals surface area contributed by atoms with E-state index in [4.69, 9.17) is 9.84 Å². The average Bonchev–Trinajstić information content (AvgIpc) is 2.83. The van der Waals surface area contributed by atoms with Crippen LogP contribution in [0.15, 0.2) is 78.5 Å². The SMILES string of the molecule is O=C(/C=C/c1ccc(OCCCO)nc1)C1=C(c2ccccc2)c2cc(I)ccc2NC1O. The number of aliphatic hydroxyl groups is 2. The summed E-state index contributed by atoms with van der Waals surface area (Å²) >= 11 is 2.24. The molecule has 33 heavy (non-hydrogen) atoms. The maximum atomic E-state index is 13.3. The van der Waals surface area contributed by atoms with Crippen molar-refractivity contribution in [1.82, 2.24) is 4.98 Å². The predicted octanol–water partition coefficient (Wildman–Crippen LogP) is 4.28. The molecule has 6 nitrogen and oxygen atoms in total. The van der Waals surface area contributed by atoms with Crippen molar-refractivity contribution in [1.29, 1.82) is 0 Å². The Morgan fingerprint density at radius 1 is 1.15 bits per heavy atom. The number of anilines is 1. The second kappa shape index (κ2) is 10.7. The molecule has 0 spiro atoms. The lowest BCUT2D eigenvalue weighted by Gasteiger charge is -2.28. The Labute approximate surface area is 205 Å². The molecule has 1 atom stereocenters. The van der Waals surface area contributed by atoms with E-state index < -0.39 is 6.23 Å². The largest absolute Gasteiger partial charge is 0.478 e. The molecule has 0 saturated heterocycles. The van der Waals surface area contributed by atoms with Crippen molar-refractivity contribution < 1.29 is 19.7 Å². The maximum absolute atomic E-state index is 13.3. The molecule has 7 heteroatoms. The highest BCUT2D eigenvalue weighted by atomic mass is 127. The van der Waals surface area contributed by atoms with Crippen LogP contribution in [0.2, 0.25) is 0 Å². The fourth-order valence-corrected chi connectivity index (χ4v) is 4.09. The Balaban J connectivity index is 1.66. The van der Waals surface area contributed by atoms with Crippen molar-refractivity contribution in [3.8, 4) is 5.88 Å². The van der Waals surface area contributed by atoms with Gasteiger partial charge in [0.05, 0.1) is 12.2 Å². The highest BCUT2D eigenvalue weighted by Crippen LogP contribution is 2.39. The number of hydrogen-bond donors (Lipinski definition) is 3. The summed E-state index contributed by atoms with van der Waals surface area (Å²) in [4.78, 5) is 17.5. The molecule has 2 aromatic carbocycles. The van der Waals surface area contributed by atoms with Gasteiger partial charge in [-0.05, 0) is 70.1 Å². The first-order valence-electron chi connectivity index (χ1n) is 10.5. The standard InChI is InChI=1S/C26H23IN2O4/c27-19-9-10-21-20(15-19)24(18-5-2-1-3-6-18)25(26(32)29-21)22(31)11-7-17-8-12-23(28-16-17)33-14-4-13-30/h1-3,5-12,15-16,26,29-30,32H,4,13-14H2/b11-7+. The lowest BCUT2D eigenvalue weighted by Crippen LogP contribution is -2.30. The maximum Gasteiger partial charge on any atom is 0.213 e. The summed E-state index contributed by atoms with van der Waals surface area (Å²) < 4.78 is 6.47. The number of aliphatic hydroxyl groups excluding tert-OH is 2. The number of aromatic nitrogens is 1. The van der Waals surface area contributed by atoms with E-state index >= 15 is 0 Å². The normalized spacial score (nSPS) is 15.3. The van der Waals surface area contributed by atoms with Crippen molar-refractivity contribution in [2.24, 2.45) is 0 Å². The number of nitrogens with zero attached hydrogens (tertiary/aromatic N) is 1. The molecule has 2 heterocycles. The van der Waals surface area contributed by atoms with Crippen molar-refractivity contribution in [2.75, 3.05) is 18.5 Å². The smallest absolute Gasteiger partial charge is 0.213 e. The van der Waals surface area contributed by atoms with Gasteiger partial charge in [-0.15, -0.1) is 0 Å². The molecule has 3 N–H and O–H groups in total. The van der Waals surface area contributed by atoms with Gasteiger partial charge in [-0.25, -0.2) is 4.98 Å². The summed E-state index contributed by atoms with van der Waals surface area (Å²) in [5, 5.41) is 22.7. The van der Waals surface area contributed by atoms with Crippen LogP contribution in [0.25, 0.3) is 11.6 Å². The summed E-state index contributed by atoms with van der Waals surface area (Å²) in [6.07, 6.45) is 4.13. The molecule has 0 saturated carbocycles. The molecule has 1 unspecified atom stereocenters. The highest BCUT2D eigenvalue weighted by molar-refractivity contribution is 14.1. The topological polar surface area (TPSA) is 91.7 Å². The molecule has 3 aromatic rings. The molecule has 0 radical (unpaired) electrons. The zero-order valence-electron chi connectivity index (χ0n) is 17.7. The van der Waals surface area contributed by atoms with Crippen LogP contribution < -0.4 is 10.1 Å². The van der Waals surface area contributed by atoms with Crippen LogP contribution in [0.4, 0.5) is 5.69 Å². The summed E-state index contributed by atoms with van der Waals surface area (Å²) in [6.45, 7) is 0.451. The fourth-order valence-electron chi connectivity index (χ4n) is 3.60. The van der Waals surface area contributed by atoms with Crippen LogP contribution in [-0.4, -0.2) is 40.4 Å². The van der Waals surface area contributed by atoms with Gasteiger partial charge < -0.3 is 20.3 Å². The summed E-state index contributed by atoms with van der Waals surface area (Å²) in [5.41, 5.74) is 4.26. The second-order valence-electron chi connectivity index (χ2n) is 7.44. The molecule has 1 aromatic heterocycles. The Hall–Kier alpha value is -3.01. The summed E-state index contributed by atoms with van der Waals surface area (Å²) in [7, 11) is 0. The first-order valence-corrected chi connectivity index (χ1v) is 11.6. The van der Waals surface area contributed by atoms with Crippen molar-refractivity contribution >= 4 is 45.7 Å². The van der Waals surface area contributed by atoms with E-state index in [2.05, 4.69) is 32.9 Å². The second-order valence-corrected chi connectivity index (χ2v) is 8.69. The summed E-state index contributed by atoms with van der Waals surface area (Å²) in [5.74, 6) is 0.167. The molecule has 0 bridgehead atoms. The van der Waals surface area contributed by atoms with E-state index in [1.807, 2.05) is 48.5 Å². The number of carbonyl (C=O) groups is 1. The minimum atomic E-state index is -1.13. The third-order valence-electron chi connectivity index (χ3n) is 5.15. The first kappa shape index (κ1) is 23.2. The van der Waals surface area contributed by atoms with Gasteiger partial charge in [-0.3, -0.25) is 4.79 Å². The number of rotatable bonds is 8. The Morgan fingerprint density at radius 2 is 1.97 bits per heavy atom. The molecular formula is C26H23IN2O4. The molecule has 168 valence electrons. The van der Waals surface area contributed by atoms with Crippen molar-refractivity contribution in [2.45, 2.75) is 12.6 Å². The number of pyridine rings is 1. The van der Waals surface area contributed by atoms with Crippen LogP contribution >= 0.6 is 22.6 Å². The average molecular weight is 554 g/mol. The van der Waals surface area contributed by atoms with E-state index in [9.17, 15) is 9.90 Å². The Bertz CT molecular complexity index is 1190. The van der Waals surface area contributed by atoms with Gasteiger partial charge in [0.25, 0.3) is 0 Å². The Morgan fingerprint density at radius 3 is 2.70 bits per heavy atom.